The predicted octanol–water partition coefficient (Wildman–Crippen LogP) is 3.07. The number of carbonyl (C=O) groups is 1. The van der Waals surface area contributed by atoms with Gasteiger partial charge in [0, 0.05) is 29.9 Å². The standard InChI is InChI=1S/C22H19F3N6O2/c1-12-2-4-15(31-27-6-7-28-31)18(29-12)20(32)30-11-14-8-21(14)9-16(19(21)30)33-17-5-3-13(10-26-17)22(23,24)25/h2-7,10,14,16,19H,8-9,11H2,1H3. The summed E-state index contributed by atoms with van der Waals surface area (Å²) in [6.07, 6.45) is 0.815. The van der Waals surface area contributed by atoms with E-state index in [2.05, 4.69) is 20.2 Å². The van der Waals surface area contributed by atoms with Crippen molar-refractivity contribution in [2.75, 3.05) is 6.54 Å². The average molecular weight is 456 g/mol. The summed E-state index contributed by atoms with van der Waals surface area (Å²) in [5.41, 5.74) is 0.654. The van der Waals surface area contributed by atoms with E-state index >= 15 is 0 Å². The van der Waals surface area contributed by atoms with Crippen LogP contribution in [0.25, 0.3) is 5.69 Å². The highest BCUT2D eigenvalue weighted by atomic mass is 19.4. The molecule has 4 atom stereocenters. The molecule has 3 aromatic rings. The van der Waals surface area contributed by atoms with Gasteiger partial charge in [-0.2, -0.15) is 23.4 Å². The average Bonchev–Trinajstić information content (AvgIpc) is 3.14. The van der Waals surface area contributed by atoms with Gasteiger partial charge in [-0.25, -0.2) is 9.97 Å². The first-order chi connectivity index (χ1) is 15.8. The van der Waals surface area contributed by atoms with Crippen LogP contribution in [-0.4, -0.2) is 54.5 Å². The Balaban J connectivity index is 1.26. The number of rotatable bonds is 4. The Bertz CT molecular complexity index is 1230. The zero-order valence-electron chi connectivity index (χ0n) is 17.5. The summed E-state index contributed by atoms with van der Waals surface area (Å²) < 4.78 is 44.4. The van der Waals surface area contributed by atoms with Crippen LogP contribution in [0.2, 0.25) is 0 Å². The maximum atomic E-state index is 13.6. The van der Waals surface area contributed by atoms with Crippen LogP contribution in [-0.2, 0) is 6.18 Å². The Kier molecular flexibility index (Phi) is 4.12. The molecule has 11 heteroatoms. The van der Waals surface area contributed by atoms with Gasteiger partial charge in [-0.05, 0) is 43.9 Å². The topological polar surface area (TPSA) is 86.0 Å². The van der Waals surface area contributed by atoms with Gasteiger partial charge in [0.25, 0.3) is 5.91 Å². The number of pyridine rings is 2. The van der Waals surface area contributed by atoms with Crippen LogP contribution in [0.3, 0.4) is 0 Å². The van der Waals surface area contributed by atoms with Crippen molar-refractivity contribution in [3.63, 3.8) is 0 Å². The smallest absolute Gasteiger partial charge is 0.417 e. The lowest BCUT2D eigenvalue weighted by Crippen LogP contribution is -2.59. The summed E-state index contributed by atoms with van der Waals surface area (Å²) in [5.74, 6) is 0.300. The monoisotopic (exact) mass is 456 g/mol. The first kappa shape index (κ1) is 20.1. The number of hydrogen-bond donors (Lipinski definition) is 0. The minimum atomic E-state index is -4.45. The van der Waals surface area contributed by atoms with E-state index in [-0.39, 0.29) is 35.0 Å². The minimum absolute atomic E-state index is 0.0280. The molecule has 2 saturated carbocycles. The number of hydrogen-bond acceptors (Lipinski definition) is 6. The van der Waals surface area contributed by atoms with Gasteiger partial charge in [0.1, 0.15) is 11.8 Å². The number of aromatic nitrogens is 5. The summed E-state index contributed by atoms with van der Waals surface area (Å²) in [4.78, 5) is 25.1. The van der Waals surface area contributed by atoms with E-state index < -0.39 is 11.7 Å². The molecule has 2 aliphatic carbocycles. The number of piperidine rings is 1. The fraction of sp³-hybridized carbons (Fsp3) is 0.409. The largest absolute Gasteiger partial charge is 0.472 e. The van der Waals surface area contributed by atoms with E-state index in [1.54, 1.807) is 17.0 Å². The molecule has 1 saturated heterocycles. The molecular formula is C22H19F3N6O2. The number of halogens is 3. The highest BCUT2D eigenvalue weighted by molar-refractivity contribution is 5.96. The van der Waals surface area contributed by atoms with E-state index in [9.17, 15) is 18.0 Å². The minimum Gasteiger partial charge on any atom is -0.472 e. The fourth-order valence-electron chi connectivity index (χ4n) is 5.37. The zero-order chi connectivity index (χ0) is 23.0. The lowest BCUT2D eigenvalue weighted by molar-refractivity contribution is -0.137. The van der Waals surface area contributed by atoms with Crippen LogP contribution in [0.15, 0.2) is 42.9 Å². The molecule has 0 N–H and O–H groups in total. The number of ether oxygens (including phenoxy) is 1. The van der Waals surface area contributed by atoms with E-state index in [0.29, 0.717) is 23.8 Å². The zero-order valence-corrected chi connectivity index (χ0v) is 17.5. The van der Waals surface area contributed by atoms with Crippen molar-refractivity contribution in [2.45, 2.75) is 38.1 Å². The van der Waals surface area contributed by atoms with Crippen molar-refractivity contribution < 1.29 is 22.7 Å². The van der Waals surface area contributed by atoms with Gasteiger partial charge in [0.2, 0.25) is 5.88 Å². The van der Waals surface area contributed by atoms with E-state index in [4.69, 9.17) is 4.74 Å². The second-order valence-electron chi connectivity index (χ2n) is 8.92. The summed E-state index contributed by atoms with van der Waals surface area (Å²) in [6, 6.07) is 5.57. The van der Waals surface area contributed by atoms with E-state index in [1.165, 1.54) is 23.3 Å². The van der Waals surface area contributed by atoms with Crippen LogP contribution in [0.1, 0.15) is 34.6 Å². The van der Waals surface area contributed by atoms with Crippen molar-refractivity contribution in [3.8, 4) is 11.6 Å². The lowest BCUT2D eigenvalue weighted by atomic mass is 9.73. The molecule has 0 radical (unpaired) electrons. The van der Waals surface area contributed by atoms with Gasteiger partial charge in [0.15, 0.2) is 5.69 Å². The molecule has 4 unspecified atom stereocenters. The first-order valence-corrected chi connectivity index (χ1v) is 10.6. The summed E-state index contributed by atoms with van der Waals surface area (Å²) in [6.45, 7) is 2.41. The van der Waals surface area contributed by atoms with Gasteiger partial charge in [0.05, 0.1) is 24.0 Å². The van der Waals surface area contributed by atoms with E-state index in [0.717, 1.165) is 25.1 Å². The second-order valence-corrected chi connectivity index (χ2v) is 8.92. The van der Waals surface area contributed by atoms with Crippen molar-refractivity contribution in [1.82, 2.24) is 29.9 Å². The van der Waals surface area contributed by atoms with Crippen molar-refractivity contribution in [1.29, 1.82) is 0 Å². The quantitative estimate of drug-likeness (QED) is 0.600. The molecule has 33 heavy (non-hydrogen) atoms. The molecule has 3 aliphatic rings. The molecule has 4 heterocycles. The third kappa shape index (κ3) is 3.09. The normalized spacial score (nSPS) is 27.5. The number of alkyl halides is 3. The van der Waals surface area contributed by atoms with Crippen LogP contribution in [0, 0.1) is 18.3 Å². The van der Waals surface area contributed by atoms with Crippen molar-refractivity contribution in [2.24, 2.45) is 11.3 Å². The molecule has 1 amide bonds. The van der Waals surface area contributed by atoms with Crippen LogP contribution < -0.4 is 4.74 Å². The molecular weight excluding hydrogens is 437 g/mol. The molecule has 0 aromatic carbocycles. The van der Waals surface area contributed by atoms with Gasteiger partial charge >= 0.3 is 6.18 Å². The number of aryl methyl sites for hydroxylation is 1. The highest BCUT2D eigenvalue weighted by Gasteiger charge is 2.76. The molecule has 0 bridgehead atoms. The van der Waals surface area contributed by atoms with Gasteiger partial charge in [-0.1, -0.05) is 0 Å². The highest BCUT2D eigenvalue weighted by Crippen LogP contribution is 2.71. The lowest BCUT2D eigenvalue weighted by Gasteiger charge is -2.46. The molecule has 3 aromatic heterocycles. The Morgan fingerprint density at radius 2 is 1.94 bits per heavy atom. The third-order valence-corrected chi connectivity index (χ3v) is 7.00. The maximum absolute atomic E-state index is 13.6. The van der Waals surface area contributed by atoms with Crippen LogP contribution in [0.5, 0.6) is 5.88 Å². The number of amides is 1. The number of carbonyl (C=O) groups excluding carboxylic acids is 1. The molecule has 1 aliphatic heterocycles. The predicted molar refractivity (Wildman–Crippen MR) is 108 cm³/mol. The fourth-order valence-corrected chi connectivity index (χ4v) is 5.37. The number of likely N-dealkylation sites (tertiary alicyclic amines) is 1. The SMILES string of the molecule is Cc1ccc(-n2nccn2)c(C(=O)N2CC3CC34CC(Oc3ccc(C(F)(F)F)cn3)C24)n1. The van der Waals surface area contributed by atoms with Gasteiger partial charge in [-0.3, -0.25) is 4.79 Å². The Hall–Kier alpha value is -3.50. The van der Waals surface area contributed by atoms with Crippen molar-refractivity contribution in [3.05, 3.63) is 59.8 Å². The third-order valence-electron chi connectivity index (χ3n) is 7.00. The molecule has 3 fully saturated rings. The molecule has 6 rings (SSSR count). The number of nitrogens with zero attached hydrogens (tertiary/aromatic N) is 6. The Morgan fingerprint density at radius 1 is 1.15 bits per heavy atom. The maximum Gasteiger partial charge on any atom is 0.417 e. The summed E-state index contributed by atoms with van der Waals surface area (Å²) in [5, 5.41) is 8.27. The molecule has 170 valence electrons. The summed E-state index contributed by atoms with van der Waals surface area (Å²) in [7, 11) is 0. The summed E-state index contributed by atoms with van der Waals surface area (Å²) >= 11 is 0. The Labute approximate surface area is 186 Å². The van der Waals surface area contributed by atoms with Gasteiger partial charge < -0.3 is 9.64 Å². The van der Waals surface area contributed by atoms with Gasteiger partial charge in [-0.15, -0.1) is 4.80 Å². The molecule has 1 spiro atoms. The second kappa shape index (κ2) is 6.75. The van der Waals surface area contributed by atoms with E-state index in [1.807, 2.05) is 6.92 Å². The Morgan fingerprint density at radius 3 is 2.64 bits per heavy atom. The van der Waals surface area contributed by atoms with Crippen LogP contribution in [0.4, 0.5) is 13.2 Å². The van der Waals surface area contributed by atoms with Crippen LogP contribution >= 0.6 is 0 Å². The molecule has 8 nitrogen and oxygen atoms in total. The first-order valence-electron chi connectivity index (χ1n) is 10.6. The van der Waals surface area contributed by atoms with Crippen molar-refractivity contribution >= 4 is 5.91 Å².